The normalized spacial score (nSPS) is 30.1. The average molecular weight is 246 g/mol. The minimum Gasteiger partial charge on any atom is -0.508 e. The first-order valence-corrected chi connectivity index (χ1v) is 7.01. The summed E-state index contributed by atoms with van der Waals surface area (Å²) in [6.07, 6.45) is 2.65. The molecule has 3 unspecified atom stereocenters. The summed E-state index contributed by atoms with van der Waals surface area (Å²) in [5.41, 5.74) is 1.05. The quantitative estimate of drug-likeness (QED) is 0.839. The van der Waals surface area contributed by atoms with Crippen molar-refractivity contribution in [2.24, 2.45) is 5.92 Å². The van der Waals surface area contributed by atoms with Gasteiger partial charge in [0, 0.05) is 30.7 Å². The maximum Gasteiger partial charge on any atom is 0.120 e. The zero-order chi connectivity index (χ0) is 12.5. The van der Waals surface area contributed by atoms with Crippen LogP contribution in [0.3, 0.4) is 0 Å². The lowest BCUT2D eigenvalue weighted by molar-refractivity contribution is 0.246. The lowest BCUT2D eigenvalue weighted by Crippen LogP contribution is -2.40. The molecule has 0 aromatic heterocycles. The second-order valence-corrected chi connectivity index (χ2v) is 5.65. The second kappa shape index (κ2) is 4.90. The van der Waals surface area contributed by atoms with Gasteiger partial charge in [0.2, 0.25) is 0 Å². The zero-order valence-electron chi connectivity index (χ0n) is 11.0. The number of rotatable bonds is 2. The molecule has 3 heteroatoms. The van der Waals surface area contributed by atoms with Crippen molar-refractivity contribution in [3.63, 3.8) is 0 Å². The van der Waals surface area contributed by atoms with Crippen molar-refractivity contribution >= 4 is 0 Å². The van der Waals surface area contributed by atoms with Gasteiger partial charge in [-0.05, 0) is 38.3 Å². The Morgan fingerprint density at radius 2 is 2.17 bits per heavy atom. The van der Waals surface area contributed by atoms with E-state index in [2.05, 4.69) is 17.1 Å². The Kier molecular flexibility index (Phi) is 3.27. The third-order valence-corrected chi connectivity index (χ3v) is 4.56. The number of phenols is 1. The maximum absolute atomic E-state index is 9.96. The molecule has 1 aromatic rings. The number of hydrogen-bond acceptors (Lipinski definition) is 3. The fourth-order valence-electron chi connectivity index (χ4n) is 3.43. The highest BCUT2D eigenvalue weighted by Crippen LogP contribution is 2.34. The highest BCUT2D eigenvalue weighted by Gasteiger charge is 2.36. The summed E-state index contributed by atoms with van der Waals surface area (Å²) in [4.78, 5) is 2.50. The molecule has 3 nitrogen and oxygen atoms in total. The SMILES string of the molecule is CC(c1ccccc1O)N1CC2CCCNC2C1. The number of para-hydroxylation sites is 1. The number of likely N-dealkylation sites (tertiary alicyclic amines) is 1. The highest BCUT2D eigenvalue weighted by molar-refractivity contribution is 5.34. The predicted molar refractivity (Wildman–Crippen MR) is 72.6 cm³/mol. The van der Waals surface area contributed by atoms with E-state index >= 15 is 0 Å². The van der Waals surface area contributed by atoms with Crippen molar-refractivity contribution in [1.82, 2.24) is 10.2 Å². The molecular weight excluding hydrogens is 224 g/mol. The number of aromatic hydroxyl groups is 1. The summed E-state index contributed by atoms with van der Waals surface area (Å²) in [7, 11) is 0. The lowest BCUT2D eigenvalue weighted by Gasteiger charge is -2.25. The monoisotopic (exact) mass is 246 g/mol. The van der Waals surface area contributed by atoms with Crippen LogP contribution in [-0.2, 0) is 0 Å². The van der Waals surface area contributed by atoms with Gasteiger partial charge < -0.3 is 10.4 Å². The molecule has 1 aromatic carbocycles. The molecule has 98 valence electrons. The molecule has 2 fully saturated rings. The fourth-order valence-corrected chi connectivity index (χ4v) is 3.43. The number of hydrogen-bond donors (Lipinski definition) is 2. The Balaban J connectivity index is 1.74. The van der Waals surface area contributed by atoms with Gasteiger partial charge in [-0.3, -0.25) is 4.90 Å². The van der Waals surface area contributed by atoms with E-state index in [-0.39, 0.29) is 0 Å². The minimum absolute atomic E-state index is 0.304. The standard InChI is InChI=1S/C15H22N2O/c1-11(13-6-2-3-7-15(13)18)17-9-12-5-4-8-16-14(12)10-17/h2-3,6-7,11-12,14,16,18H,4-5,8-10H2,1H3. The van der Waals surface area contributed by atoms with Gasteiger partial charge in [-0.1, -0.05) is 18.2 Å². The Bertz CT molecular complexity index is 407. The molecule has 0 aliphatic carbocycles. The number of nitrogens with zero attached hydrogens (tertiary/aromatic N) is 1. The van der Waals surface area contributed by atoms with Crippen molar-refractivity contribution in [1.29, 1.82) is 0 Å². The molecule has 3 atom stereocenters. The molecule has 2 saturated heterocycles. The average Bonchev–Trinajstić information content (AvgIpc) is 2.82. The first-order chi connectivity index (χ1) is 8.75. The summed E-state index contributed by atoms with van der Waals surface area (Å²) >= 11 is 0. The molecule has 18 heavy (non-hydrogen) atoms. The molecule has 0 spiro atoms. The van der Waals surface area contributed by atoms with E-state index in [1.165, 1.54) is 19.4 Å². The van der Waals surface area contributed by atoms with Crippen molar-refractivity contribution in [2.45, 2.75) is 31.8 Å². The molecular formula is C15H22N2O. The Morgan fingerprint density at radius 1 is 1.33 bits per heavy atom. The molecule has 3 rings (SSSR count). The molecule has 2 aliphatic rings. The summed E-state index contributed by atoms with van der Waals surface area (Å²) in [6, 6.07) is 8.68. The van der Waals surface area contributed by atoms with Crippen LogP contribution in [0, 0.1) is 5.92 Å². The number of nitrogens with one attached hydrogen (secondary N) is 1. The molecule has 2 N–H and O–H groups in total. The summed E-state index contributed by atoms with van der Waals surface area (Å²) in [6.45, 7) is 5.64. The van der Waals surface area contributed by atoms with Crippen LogP contribution in [-0.4, -0.2) is 35.7 Å². The van der Waals surface area contributed by atoms with E-state index in [1.54, 1.807) is 6.07 Å². The molecule has 2 heterocycles. The van der Waals surface area contributed by atoms with Crippen molar-refractivity contribution in [3.8, 4) is 5.75 Å². The summed E-state index contributed by atoms with van der Waals surface area (Å²) in [5.74, 6) is 1.22. The zero-order valence-corrected chi connectivity index (χ0v) is 11.0. The van der Waals surface area contributed by atoms with Crippen LogP contribution in [0.1, 0.15) is 31.4 Å². The predicted octanol–water partition coefficient (Wildman–Crippen LogP) is 2.14. The van der Waals surface area contributed by atoms with Crippen molar-refractivity contribution < 1.29 is 5.11 Å². The van der Waals surface area contributed by atoms with Crippen LogP contribution in [0.15, 0.2) is 24.3 Å². The first-order valence-electron chi connectivity index (χ1n) is 7.01. The molecule has 0 saturated carbocycles. The fraction of sp³-hybridized carbons (Fsp3) is 0.600. The van der Waals surface area contributed by atoms with E-state index in [4.69, 9.17) is 0 Å². The summed E-state index contributed by atoms with van der Waals surface area (Å²) in [5, 5.41) is 13.6. The third kappa shape index (κ3) is 2.13. The van der Waals surface area contributed by atoms with Gasteiger partial charge in [0.1, 0.15) is 5.75 Å². The van der Waals surface area contributed by atoms with Gasteiger partial charge in [0.05, 0.1) is 0 Å². The molecule has 2 aliphatic heterocycles. The van der Waals surface area contributed by atoms with Crippen LogP contribution < -0.4 is 5.32 Å². The number of fused-ring (bicyclic) bond motifs is 1. The van der Waals surface area contributed by atoms with Gasteiger partial charge >= 0.3 is 0 Å². The van der Waals surface area contributed by atoms with Crippen LogP contribution >= 0.6 is 0 Å². The molecule has 0 radical (unpaired) electrons. The van der Waals surface area contributed by atoms with E-state index in [0.29, 0.717) is 17.8 Å². The van der Waals surface area contributed by atoms with Gasteiger partial charge in [0.25, 0.3) is 0 Å². The van der Waals surface area contributed by atoms with Crippen LogP contribution in [0.25, 0.3) is 0 Å². The molecule has 0 amide bonds. The minimum atomic E-state index is 0.304. The lowest BCUT2D eigenvalue weighted by atomic mass is 9.94. The maximum atomic E-state index is 9.96. The van der Waals surface area contributed by atoms with Gasteiger partial charge in [-0.25, -0.2) is 0 Å². The van der Waals surface area contributed by atoms with E-state index in [0.717, 1.165) is 24.6 Å². The largest absolute Gasteiger partial charge is 0.508 e. The smallest absolute Gasteiger partial charge is 0.120 e. The van der Waals surface area contributed by atoms with Gasteiger partial charge in [0.15, 0.2) is 0 Å². The number of benzene rings is 1. The first kappa shape index (κ1) is 12.0. The van der Waals surface area contributed by atoms with Crippen molar-refractivity contribution in [2.75, 3.05) is 19.6 Å². The van der Waals surface area contributed by atoms with Crippen LogP contribution in [0.4, 0.5) is 0 Å². The Hall–Kier alpha value is -1.06. The third-order valence-electron chi connectivity index (χ3n) is 4.56. The second-order valence-electron chi connectivity index (χ2n) is 5.65. The van der Waals surface area contributed by atoms with E-state index in [9.17, 15) is 5.11 Å². The van der Waals surface area contributed by atoms with Crippen molar-refractivity contribution in [3.05, 3.63) is 29.8 Å². The van der Waals surface area contributed by atoms with E-state index in [1.807, 2.05) is 18.2 Å². The Labute approximate surface area is 109 Å². The van der Waals surface area contributed by atoms with Gasteiger partial charge in [-0.2, -0.15) is 0 Å². The number of phenolic OH excluding ortho intramolecular Hbond substituents is 1. The van der Waals surface area contributed by atoms with Crippen LogP contribution in [0.2, 0.25) is 0 Å². The number of piperidine rings is 1. The van der Waals surface area contributed by atoms with Gasteiger partial charge in [-0.15, -0.1) is 0 Å². The Morgan fingerprint density at radius 3 is 2.94 bits per heavy atom. The topological polar surface area (TPSA) is 35.5 Å². The molecule has 0 bridgehead atoms. The van der Waals surface area contributed by atoms with Crippen LogP contribution in [0.5, 0.6) is 5.75 Å². The summed E-state index contributed by atoms with van der Waals surface area (Å²) < 4.78 is 0. The highest BCUT2D eigenvalue weighted by atomic mass is 16.3. The van der Waals surface area contributed by atoms with E-state index < -0.39 is 0 Å².